The summed E-state index contributed by atoms with van der Waals surface area (Å²) in [5.74, 6) is 0.219. The Morgan fingerprint density at radius 3 is 2.56 bits per heavy atom. The fourth-order valence-corrected chi connectivity index (χ4v) is 3.25. The van der Waals surface area contributed by atoms with Crippen LogP contribution >= 0.6 is 23.2 Å². The van der Waals surface area contributed by atoms with E-state index in [9.17, 15) is 4.79 Å². The molecule has 0 saturated carbocycles. The summed E-state index contributed by atoms with van der Waals surface area (Å²) in [6, 6.07) is 13.1. The van der Waals surface area contributed by atoms with Crippen molar-refractivity contribution in [3.8, 4) is 5.75 Å². The number of nitrogens with zero attached hydrogens (tertiary/aromatic N) is 1. The largest absolute Gasteiger partial charge is 0.479 e. The zero-order valence-electron chi connectivity index (χ0n) is 15.1. The van der Waals surface area contributed by atoms with Crippen LogP contribution in [0, 0.1) is 0 Å². The van der Waals surface area contributed by atoms with Crippen molar-refractivity contribution in [1.29, 1.82) is 0 Å². The van der Waals surface area contributed by atoms with Gasteiger partial charge in [-0.15, -0.1) is 0 Å². The van der Waals surface area contributed by atoms with E-state index in [4.69, 9.17) is 32.7 Å². The lowest BCUT2D eigenvalue weighted by atomic mass is 10.2. The van der Waals surface area contributed by atoms with Crippen LogP contribution in [0.25, 0.3) is 0 Å². The fourth-order valence-electron chi connectivity index (χ4n) is 2.79. The normalized spacial score (nSPS) is 15.3. The Balaban J connectivity index is 1.50. The first kappa shape index (κ1) is 19.8. The molecule has 144 valence electrons. The molecule has 2 aromatic carbocycles. The van der Waals surface area contributed by atoms with Gasteiger partial charge in [-0.05, 0) is 42.8 Å². The predicted octanol–water partition coefficient (Wildman–Crippen LogP) is 3.91. The molecule has 1 N–H and O–H groups in total. The standard InChI is InChI=1S/C20H22Cl2N2O3/c1-14(27-19-7-4-16(21)12-18(19)22)20(25)23-13-15-2-5-17(6-3-15)24-8-10-26-11-9-24/h2-7,12,14H,8-11,13H2,1H3,(H,23,25). The minimum atomic E-state index is -0.670. The third-order valence-corrected chi connectivity index (χ3v) is 4.88. The van der Waals surface area contributed by atoms with Gasteiger partial charge in [0, 0.05) is 30.3 Å². The van der Waals surface area contributed by atoms with Crippen LogP contribution in [0.4, 0.5) is 5.69 Å². The molecule has 27 heavy (non-hydrogen) atoms. The Morgan fingerprint density at radius 2 is 1.89 bits per heavy atom. The van der Waals surface area contributed by atoms with Gasteiger partial charge in [0.25, 0.3) is 5.91 Å². The SMILES string of the molecule is CC(Oc1ccc(Cl)cc1Cl)C(=O)NCc1ccc(N2CCOCC2)cc1. The van der Waals surface area contributed by atoms with Crippen molar-refractivity contribution in [2.24, 2.45) is 0 Å². The lowest BCUT2D eigenvalue weighted by molar-refractivity contribution is -0.127. The van der Waals surface area contributed by atoms with Crippen LogP contribution in [-0.4, -0.2) is 38.3 Å². The molecule has 0 spiro atoms. The average molecular weight is 409 g/mol. The van der Waals surface area contributed by atoms with E-state index in [1.165, 1.54) is 5.69 Å². The Hall–Kier alpha value is -1.95. The molecule has 7 heteroatoms. The number of hydrogen-bond acceptors (Lipinski definition) is 4. The van der Waals surface area contributed by atoms with Crippen LogP contribution in [0.2, 0.25) is 10.0 Å². The van der Waals surface area contributed by atoms with Crippen molar-refractivity contribution < 1.29 is 14.3 Å². The summed E-state index contributed by atoms with van der Waals surface area (Å²) < 4.78 is 11.0. The summed E-state index contributed by atoms with van der Waals surface area (Å²) in [7, 11) is 0. The van der Waals surface area contributed by atoms with Crippen LogP contribution in [0.3, 0.4) is 0 Å². The van der Waals surface area contributed by atoms with Crippen molar-refractivity contribution in [3.05, 3.63) is 58.1 Å². The molecule has 1 aliphatic rings. The van der Waals surface area contributed by atoms with Gasteiger partial charge in [-0.3, -0.25) is 4.79 Å². The molecule has 0 radical (unpaired) electrons. The monoisotopic (exact) mass is 408 g/mol. The Bertz CT molecular complexity index is 777. The number of rotatable bonds is 6. The predicted molar refractivity (Wildman–Crippen MR) is 108 cm³/mol. The van der Waals surface area contributed by atoms with E-state index >= 15 is 0 Å². The van der Waals surface area contributed by atoms with Gasteiger partial charge in [-0.1, -0.05) is 35.3 Å². The number of anilines is 1. The van der Waals surface area contributed by atoms with E-state index in [2.05, 4.69) is 22.3 Å². The molecule has 5 nitrogen and oxygen atoms in total. The second-order valence-electron chi connectivity index (χ2n) is 6.32. The molecule has 2 aromatic rings. The van der Waals surface area contributed by atoms with E-state index in [-0.39, 0.29) is 5.91 Å². The fraction of sp³-hybridized carbons (Fsp3) is 0.350. The van der Waals surface area contributed by atoms with E-state index in [1.54, 1.807) is 25.1 Å². The van der Waals surface area contributed by atoms with Gasteiger partial charge in [0.1, 0.15) is 5.75 Å². The highest BCUT2D eigenvalue weighted by Crippen LogP contribution is 2.28. The third kappa shape index (κ3) is 5.51. The maximum Gasteiger partial charge on any atom is 0.261 e. The molecule has 1 aliphatic heterocycles. The van der Waals surface area contributed by atoms with Gasteiger partial charge in [-0.2, -0.15) is 0 Å². The van der Waals surface area contributed by atoms with E-state index in [0.717, 1.165) is 31.9 Å². The van der Waals surface area contributed by atoms with Crippen LogP contribution in [0.15, 0.2) is 42.5 Å². The topological polar surface area (TPSA) is 50.8 Å². The van der Waals surface area contributed by atoms with Crippen LogP contribution in [0.5, 0.6) is 5.75 Å². The molecule has 3 rings (SSSR count). The van der Waals surface area contributed by atoms with Crippen molar-refractivity contribution >= 4 is 34.8 Å². The number of carbonyl (C=O) groups excluding carboxylic acids is 1. The summed E-state index contributed by atoms with van der Waals surface area (Å²) in [6.07, 6.45) is -0.670. The Kier molecular flexibility index (Phi) is 6.83. The molecule has 1 heterocycles. The average Bonchev–Trinajstić information content (AvgIpc) is 2.69. The van der Waals surface area contributed by atoms with Crippen LogP contribution < -0.4 is 15.0 Å². The van der Waals surface area contributed by atoms with Crippen molar-refractivity contribution in [2.75, 3.05) is 31.2 Å². The van der Waals surface area contributed by atoms with Crippen LogP contribution in [0.1, 0.15) is 12.5 Å². The molecular formula is C20H22Cl2N2O3. The smallest absolute Gasteiger partial charge is 0.261 e. The first-order chi connectivity index (χ1) is 13.0. The number of benzene rings is 2. The summed E-state index contributed by atoms with van der Waals surface area (Å²) in [4.78, 5) is 14.6. The zero-order valence-corrected chi connectivity index (χ0v) is 16.6. The number of ether oxygens (including phenoxy) is 2. The molecule has 0 bridgehead atoms. The third-order valence-electron chi connectivity index (χ3n) is 4.35. The summed E-state index contributed by atoms with van der Waals surface area (Å²) >= 11 is 11.9. The van der Waals surface area contributed by atoms with Crippen molar-refractivity contribution in [3.63, 3.8) is 0 Å². The highest BCUT2D eigenvalue weighted by atomic mass is 35.5. The summed E-state index contributed by atoms with van der Waals surface area (Å²) in [5, 5.41) is 3.78. The van der Waals surface area contributed by atoms with Gasteiger partial charge in [0.05, 0.1) is 18.2 Å². The second-order valence-corrected chi connectivity index (χ2v) is 7.16. The Labute approximate surface area is 169 Å². The maximum absolute atomic E-state index is 12.3. The van der Waals surface area contributed by atoms with Crippen molar-refractivity contribution in [2.45, 2.75) is 19.6 Å². The highest BCUT2D eigenvalue weighted by molar-refractivity contribution is 6.35. The van der Waals surface area contributed by atoms with E-state index < -0.39 is 6.10 Å². The van der Waals surface area contributed by atoms with Crippen molar-refractivity contribution in [1.82, 2.24) is 5.32 Å². The quantitative estimate of drug-likeness (QED) is 0.786. The number of nitrogens with one attached hydrogen (secondary N) is 1. The molecule has 1 unspecified atom stereocenters. The van der Waals surface area contributed by atoms with E-state index in [1.807, 2.05) is 12.1 Å². The van der Waals surface area contributed by atoms with Gasteiger partial charge < -0.3 is 19.7 Å². The van der Waals surface area contributed by atoms with E-state index in [0.29, 0.717) is 22.3 Å². The molecule has 1 saturated heterocycles. The van der Waals surface area contributed by atoms with Gasteiger partial charge in [0.15, 0.2) is 6.10 Å². The number of amides is 1. The molecular weight excluding hydrogens is 387 g/mol. The minimum Gasteiger partial charge on any atom is -0.479 e. The van der Waals surface area contributed by atoms with Crippen LogP contribution in [-0.2, 0) is 16.1 Å². The number of morpholine rings is 1. The van der Waals surface area contributed by atoms with Gasteiger partial charge in [-0.25, -0.2) is 0 Å². The maximum atomic E-state index is 12.3. The Morgan fingerprint density at radius 1 is 1.19 bits per heavy atom. The van der Waals surface area contributed by atoms with Gasteiger partial charge in [0.2, 0.25) is 0 Å². The lowest BCUT2D eigenvalue weighted by Crippen LogP contribution is -2.36. The minimum absolute atomic E-state index is 0.210. The molecule has 1 amide bonds. The molecule has 0 aliphatic carbocycles. The second kappa shape index (κ2) is 9.31. The zero-order chi connectivity index (χ0) is 19.2. The number of carbonyl (C=O) groups is 1. The first-order valence-corrected chi connectivity index (χ1v) is 9.59. The number of hydrogen-bond donors (Lipinski definition) is 1. The van der Waals surface area contributed by atoms with Gasteiger partial charge >= 0.3 is 0 Å². The molecule has 1 fully saturated rings. The highest BCUT2D eigenvalue weighted by Gasteiger charge is 2.16. The summed E-state index contributed by atoms with van der Waals surface area (Å²) in [5.41, 5.74) is 2.19. The molecule has 1 atom stereocenters. The lowest BCUT2D eigenvalue weighted by Gasteiger charge is -2.28. The summed E-state index contributed by atoms with van der Waals surface area (Å²) in [6.45, 7) is 5.43. The first-order valence-electron chi connectivity index (χ1n) is 8.84. The number of halogens is 2. The molecule has 0 aromatic heterocycles.